The summed E-state index contributed by atoms with van der Waals surface area (Å²) < 4.78 is 5.29. The molecule has 1 aliphatic carbocycles. The fraction of sp³-hybridized carbons (Fsp3) is 0.933. The molecule has 1 saturated heterocycles. The van der Waals surface area contributed by atoms with Crippen LogP contribution in [0, 0.1) is 5.92 Å². The zero-order valence-electron chi connectivity index (χ0n) is 12.2. The highest BCUT2D eigenvalue weighted by Gasteiger charge is 2.22. The van der Waals surface area contributed by atoms with E-state index in [4.69, 9.17) is 4.74 Å². The minimum absolute atomic E-state index is 0.112. The first-order valence-electron chi connectivity index (χ1n) is 7.90. The molecule has 0 aromatic heterocycles. The first-order valence-corrected chi connectivity index (χ1v) is 8.94. The Morgan fingerprint density at radius 1 is 1.25 bits per heavy atom. The summed E-state index contributed by atoms with van der Waals surface area (Å²) in [4.78, 5) is 11.7. The highest BCUT2D eigenvalue weighted by molar-refractivity contribution is 8.00. The molecule has 116 valence electrons. The number of nitrogens with one attached hydrogen (secondary N) is 1. The van der Waals surface area contributed by atoms with Gasteiger partial charge in [-0.15, -0.1) is 11.8 Å². The third kappa shape index (κ3) is 5.62. The van der Waals surface area contributed by atoms with E-state index in [1.807, 2.05) is 0 Å². The Balaban J connectivity index is 1.51. The van der Waals surface area contributed by atoms with Gasteiger partial charge in [0.25, 0.3) is 0 Å². The number of ether oxygens (including phenoxy) is 1. The smallest absolute Gasteiger partial charge is 0.230 e. The quantitative estimate of drug-likeness (QED) is 0.755. The molecule has 5 heteroatoms. The van der Waals surface area contributed by atoms with Gasteiger partial charge in [0.1, 0.15) is 0 Å². The summed E-state index contributed by atoms with van der Waals surface area (Å²) >= 11 is 1.79. The molecule has 0 aromatic rings. The number of carbonyl (C=O) groups excluding carboxylic acids is 1. The van der Waals surface area contributed by atoms with Gasteiger partial charge < -0.3 is 15.2 Å². The van der Waals surface area contributed by atoms with Crippen LogP contribution < -0.4 is 5.32 Å². The van der Waals surface area contributed by atoms with Crippen LogP contribution in [0.15, 0.2) is 0 Å². The van der Waals surface area contributed by atoms with Crippen LogP contribution in [0.25, 0.3) is 0 Å². The molecular formula is C15H27NO3S. The first-order chi connectivity index (χ1) is 9.75. The van der Waals surface area contributed by atoms with E-state index < -0.39 is 0 Å². The van der Waals surface area contributed by atoms with Crippen molar-refractivity contribution in [1.82, 2.24) is 5.32 Å². The van der Waals surface area contributed by atoms with E-state index in [-0.39, 0.29) is 12.0 Å². The highest BCUT2D eigenvalue weighted by atomic mass is 32.2. The molecule has 1 amide bonds. The minimum Gasteiger partial charge on any atom is -0.393 e. The lowest BCUT2D eigenvalue weighted by Crippen LogP contribution is -2.33. The van der Waals surface area contributed by atoms with Crippen molar-refractivity contribution in [1.29, 1.82) is 0 Å². The molecule has 1 saturated carbocycles. The van der Waals surface area contributed by atoms with E-state index >= 15 is 0 Å². The molecule has 2 aliphatic rings. The van der Waals surface area contributed by atoms with Crippen LogP contribution in [0.5, 0.6) is 0 Å². The van der Waals surface area contributed by atoms with Crippen molar-refractivity contribution in [3.63, 3.8) is 0 Å². The normalized spacial score (nSPS) is 22.9. The third-order valence-corrected chi connectivity index (χ3v) is 5.70. The maximum absolute atomic E-state index is 11.7. The number of carbonyl (C=O) groups is 1. The average molecular weight is 301 g/mol. The van der Waals surface area contributed by atoms with Gasteiger partial charge in [0, 0.05) is 25.0 Å². The molecule has 1 heterocycles. The summed E-state index contributed by atoms with van der Waals surface area (Å²) in [5.74, 6) is 1.02. The standard InChI is InChI=1S/C15H27NO3S/c17-14(12-6-9-19-10-7-12)5-8-16-15(18)11-20-13-3-1-2-4-13/h12-14,17H,1-11H2,(H,16,18)/t14-/m0/s1. The molecule has 0 unspecified atom stereocenters. The van der Waals surface area contributed by atoms with Crippen molar-refractivity contribution < 1.29 is 14.6 Å². The molecule has 0 radical (unpaired) electrons. The Morgan fingerprint density at radius 3 is 2.65 bits per heavy atom. The molecule has 4 nitrogen and oxygen atoms in total. The van der Waals surface area contributed by atoms with Crippen LogP contribution in [-0.4, -0.2) is 47.9 Å². The zero-order valence-corrected chi connectivity index (χ0v) is 13.0. The van der Waals surface area contributed by atoms with Crippen LogP contribution in [0.2, 0.25) is 0 Å². The molecule has 20 heavy (non-hydrogen) atoms. The molecule has 0 spiro atoms. The van der Waals surface area contributed by atoms with Gasteiger partial charge in [0.2, 0.25) is 5.91 Å². The maximum Gasteiger partial charge on any atom is 0.230 e. The van der Waals surface area contributed by atoms with E-state index in [1.54, 1.807) is 11.8 Å². The number of aliphatic hydroxyl groups excluding tert-OH is 1. The van der Waals surface area contributed by atoms with Gasteiger partial charge >= 0.3 is 0 Å². The summed E-state index contributed by atoms with van der Waals surface area (Å²) in [5.41, 5.74) is 0. The average Bonchev–Trinajstić information content (AvgIpc) is 2.99. The SMILES string of the molecule is O=C(CSC1CCCC1)NCC[C@H](O)C1CCOCC1. The molecule has 2 fully saturated rings. The lowest BCUT2D eigenvalue weighted by molar-refractivity contribution is -0.118. The molecular weight excluding hydrogens is 274 g/mol. The number of aliphatic hydroxyl groups is 1. The fourth-order valence-electron chi connectivity index (χ4n) is 3.00. The van der Waals surface area contributed by atoms with E-state index in [2.05, 4.69) is 5.32 Å². The van der Waals surface area contributed by atoms with Crippen LogP contribution in [0.3, 0.4) is 0 Å². The van der Waals surface area contributed by atoms with Crippen molar-refractivity contribution in [2.45, 2.75) is 56.3 Å². The van der Waals surface area contributed by atoms with Gasteiger partial charge in [-0.05, 0) is 38.0 Å². The lowest BCUT2D eigenvalue weighted by atomic mass is 9.92. The Bertz CT molecular complexity index is 289. The van der Waals surface area contributed by atoms with Gasteiger partial charge in [-0.2, -0.15) is 0 Å². The van der Waals surface area contributed by atoms with Crippen LogP contribution in [0.4, 0.5) is 0 Å². The predicted octanol–water partition coefficient (Wildman–Crippen LogP) is 1.96. The number of rotatable bonds is 7. The minimum atomic E-state index is -0.304. The lowest BCUT2D eigenvalue weighted by Gasteiger charge is -2.26. The number of hydrogen-bond donors (Lipinski definition) is 2. The fourth-order valence-corrected chi connectivity index (χ4v) is 4.15. The van der Waals surface area contributed by atoms with E-state index in [1.165, 1.54) is 25.7 Å². The summed E-state index contributed by atoms with van der Waals surface area (Å²) in [5, 5.41) is 13.7. The molecule has 0 aromatic carbocycles. The second-order valence-electron chi connectivity index (χ2n) is 5.87. The monoisotopic (exact) mass is 301 g/mol. The Morgan fingerprint density at radius 2 is 1.95 bits per heavy atom. The van der Waals surface area contributed by atoms with Crippen molar-refractivity contribution in [2.24, 2.45) is 5.92 Å². The van der Waals surface area contributed by atoms with Gasteiger partial charge in [0.15, 0.2) is 0 Å². The summed E-state index contributed by atoms with van der Waals surface area (Å²) in [6.45, 7) is 2.10. The second-order valence-corrected chi connectivity index (χ2v) is 7.16. The maximum atomic E-state index is 11.7. The number of thioether (sulfide) groups is 1. The highest BCUT2D eigenvalue weighted by Crippen LogP contribution is 2.29. The van der Waals surface area contributed by atoms with Crippen molar-refractivity contribution in [3.8, 4) is 0 Å². The van der Waals surface area contributed by atoms with E-state index in [0.29, 0.717) is 29.9 Å². The van der Waals surface area contributed by atoms with Crippen molar-refractivity contribution >= 4 is 17.7 Å². The van der Waals surface area contributed by atoms with Gasteiger partial charge in [-0.1, -0.05) is 12.8 Å². The predicted molar refractivity (Wildman–Crippen MR) is 81.9 cm³/mol. The second kappa shape index (κ2) is 8.90. The Labute approximate surface area is 126 Å². The van der Waals surface area contributed by atoms with Crippen LogP contribution in [0.1, 0.15) is 44.9 Å². The first kappa shape index (κ1) is 16.1. The van der Waals surface area contributed by atoms with Crippen molar-refractivity contribution in [2.75, 3.05) is 25.5 Å². The molecule has 0 bridgehead atoms. The van der Waals surface area contributed by atoms with Gasteiger partial charge in [-0.3, -0.25) is 4.79 Å². The van der Waals surface area contributed by atoms with Gasteiger partial charge in [0.05, 0.1) is 11.9 Å². The Hall–Kier alpha value is -0.260. The zero-order chi connectivity index (χ0) is 14.2. The Kier molecular flexibility index (Phi) is 7.17. The summed E-state index contributed by atoms with van der Waals surface area (Å²) in [7, 11) is 0. The molecule has 1 atom stereocenters. The molecule has 2 N–H and O–H groups in total. The van der Waals surface area contributed by atoms with Crippen LogP contribution >= 0.6 is 11.8 Å². The molecule has 1 aliphatic heterocycles. The van der Waals surface area contributed by atoms with E-state index in [0.717, 1.165) is 26.1 Å². The summed E-state index contributed by atoms with van der Waals surface area (Å²) in [6.07, 6.45) is 7.39. The largest absolute Gasteiger partial charge is 0.393 e. The number of hydrogen-bond acceptors (Lipinski definition) is 4. The third-order valence-electron chi connectivity index (χ3n) is 4.32. The molecule has 2 rings (SSSR count). The summed E-state index contributed by atoms with van der Waals surface area (Å²) in [6, 6.07) is 0. The van der Waals surface area contributed by atoms with Crippen molar-refractivity contribution in [3.05, 3.63) is 0 Å². The van der Waals surface area contributed by atoms with E-state index in [9.17, 15) is 9.90 Å². The van der Waals surface area contributed by atoms with Gasteiger partial charge in [-0.25, -0.2) is 0 Å². The van der Waals surface area contributed by atoms with Crippen LogP contribution in [-0.2, 0) is 9.53 Å². The topological polar surface area (TPSA) is 58.6 Å². The number of amides is 1.